The van der Waals surface area contributed by atoms with Crippen molar-refractivity contribution in [3.05, 3.63) is 24.3 Å². The van der Waals surface area contributed by atoms with E-state index in [1.165, 1.54) is 4.31 Å². The van der Waals surface area contributed by atoms with Crippen LogP contribution in [0.15, 0.2) is 24.3 Å². The number of amides is 1. The maximum absolute atomic E-state index is 12.3. The molecule has 1 aromatic rings. The molecule has 0 aromatic heterocycles. The first-order chi connectivity index (χ1) is 11.0. The lowest BCUT2D eigenvalue weighted by atomic mass is 9.97. The van der Waals surface area contributed by atoms with E-state index in [1.54, 1.807) is 13.0 Å². The van der Waals surface area contributed by atoms with Crippen molar-refractivity contribution < 1.29 is 17.9 Å². The number of carbonyl (C=O) groups excluding carboxylic acids is 1. The van der Waals surface area contributed by atoms with Gasteiger partial charge in [-0.15, -0.1) is 0 Å². The molecule has 1 aliphatic rings. The normalized spacial score (nSPS) is 17.0. The van der Waals surface area contributed by atoms with Crippen LogP contribution < -0.4 is 10.1 Å². The standard InChI is InChI=1S/C16H24N2O4S/c1-3-22-15-7-5-6-14(12-15)17-16(19)13-8-10-18(11-9-13)23(20,21)4-2/h5-7,12-13H,3-4,8-11H2,1-2H3,(H,17,19). The Bertz CT molecular complexity index is 637. The molecule has 128 valence electrons. The average molecular weight is 340 g/mol. The van der Waals surface area contributed by atoms with Gasteiger partial charge in [-0.2, -0.15) is 0 Å². The third-order valence-corrected chi connectivity index (χ3v) is 5.88. The van der Waals surface area contributed by atoms with Crippen molar-refractivity contribution in [3.8, 4) is 5.75 Å². The summed E-state index contributed by atoms with van der Waals surface area (Å²) in [5.74, 6) is 0.601. The number of hydrogen-bond donors (Lipinski definition) is 1. The highest BCUT2D eigenvalue weighted by atomic mass is 32.2. The Kier molecular flexibility index (Phi) is 6.01. The number of piperidine rings is 1. The van der Waals surface area contributed by atoms with Crippen molar-refractivity contribution in [1.82, 2.24) is 4.31 Å². The Labute approximate surface area is 137 Å². The van der Waals surface area contributed by atoms with Crippen LogP contribution in [0.1, 0.15) is 26.7 Å². The number of nitrogens with zero attached hydrogens (tertiary/aromatic N) is 1. The summed E-state index contributed by atoms with van der Waals surface area (Å²) in [7, 11) is -3.16. The number of carbonyl (C=O) groups is 1. The molecule has 0 aliphatic carbocycles. The van der Waals surface area contributed by atoms with E-state index in [2.05, 4.69) is 5.32 Å². The summed E-state index contributed by atoms with van der Waals surface area (Å²) < 4.78 is 30.6. The third kappa shape index (κ3) is 4.68. The van der Waals surface area contributed by atoms with Gasteiger partial charge in [0, 0.05) is 30.8 Å². The molecular weight excluding hydrogens is 316 g/mol. The highest BCUT2D eigenvalue weighted by Gasteiger charge is 2.30. The number of rotatable bonds is 6. The summed E-state index contributed by atoms with van der Waals surface area (Å²) in [5, 5.41) is 2.89. The lowest BCUT2D eigenvalue weighted by Gasteiger charge is -2.30. The van der Waals surface area contributed by atoms with Crippen molar-refractivity contribution in [2.24, 2.45) is 5.92 Å². The summed E-state index contributed by atoms with van der Waals surface area (Å²) >= 11 is 0. The Hall–Kier alpha value is -1.60. The maximum atomic E-state index is 12.3. The first-order valence-electron chi connectivity index (χ1n) is 7.97. The zero-order chi connectivity index (χ0) is 16.9. The summed E-state index contributed by atoms with van der Waals surface area (Å²) in [6, 6.07) is 7.28. The van der Waals surface area contributed by atoms with Crippen molar-refractivity contribution in [1.29, 1.82) is 0 Å². The van der Waals surface area contributed by atoms with E-state index in [1.807, 2.05) is 25.1 Å². The van der Waals surface area contributed by atoms with E-state index in [0.717, 1.165) is 0 Å². The van der Waals surface area contributed by atoms with E-state index < -0.39 is 10.0 Å². The van der Waals surface area contributed by atoms with Gasteiger partial charge in [-0.05, 0) is 38.8 Å². The zero-order valence-corrected chi connectivity index (χ0v) is 14.4. The van der Waals surface area contributed by atoms with Gasteiger partial charge in [0.1, 0.15) is 5.75 Å². The monoisotopic (exact) mass is 340 g/mol. The summed E-state index contributed by atoms with van der Waals surface area (Å²) in [5.41, 5.74) is 0.699. The van der Waals surface area contributed by atoms with E-state index in [9.17, 15) is 13.2 Å². The number of benzene rings is 1. The number of ether oxygens (including phenoxy) is 1. The first kappa shape index (κ1) is 17.7. The fourth-order valence-corrected chi connectivity index (χ4v) is 3.79. The van der Waals surface area contributed by atoms with Gasteiger partial charge in [-0.25, -0.2) is 12.7 Å². The molecule has 23 heavy (non-hydrogen) atoms. The van der Waals surface area contributed by atoms with Gasteiger partial charge >= 0.3 is 0 Å². The van der Waals surface area contributed by atoms with Gasteiger partial charge in [-0.1, -0.05) is 6.07 Å². The minimum Gasteiger partial charge on any atom is -0.494 e. The molecule has 1 aliphatic heterocycles. The molecule has 1 saturated heterocycles. The van der Waals surface area contributed by atoms with Crippen molar-refractivity contribution in [3.63, 3.8) is 0 Å². The fourth-order valence-electron chi connectivity index (χ4n) is 2.65. The minimum atomic E-state index is -3.16. The van der Waals surface area contributed by atoms with Gasteiger partial charge in [0.05, 0.1) is 12.4 Å². The molecule has 0 unspecified atom stereocenters. The SMILES string of the molecule is CCOc1cccc(NC(=O)C2CCN(S(=O)(=O)CC)CC2)c1. The second-order valence-electron chi connectivity index (χ2n) is 5.52. The second kappa shape index (κ2) is 7.79. The highest BCUT2D eigenvalue weighted by Crippen LogP contribution is 2.23. The van der Waals surface area contributed by atoms with Crippen molar-refractivity contribution in [2.45, 2.75) is 26.7 Å². The molecule has 0 atom stereocenters. The molecule has 0 radical (unpaired) electrons. The average Bonchev–Trinajstić information content (AvgIpc) is 2.55. The molecule has 0 saturated carbocycles. The third-order valence-electron chi connectivity index (χ3n) is 4.00. The van der Waals surface area contributed by atoms with Gasteiger partial charge in [0.25, 0.3) is 0 Å². The molecule has 1 fully saturated rings. The summed E-state index contributed by atoms with van der Waals surface area (Å²) in [6.45, 7) is 4.94. The molecule has 2 rings (SSSR count). The number of sulfonamides is 1. The molecule has 6 nitrogen and oxygen atoms in total. The van der Waals surface area contributed by atoms with Crippen LogP contribution in [0.3, 0.4) is 0 Å². The van der Waals surface area contributed by atoms with Crippen molar-refractivity contribution >= 4 is 21.6 Å². The van der Waals surface area contributed by atoms with Crippen LogP contribution in [-0.2, 0) is 14.8 Å². The van der Waals surface area contributed by atoms with E-state index in [-0.39, 0.29) is 17.6 Å². The van der Waals surface area contributed by atoms with Gasteiger partial charge in [0.15, 0.2) is 0 Å². The summed E-state index contributed by atoms with van der Waals surface area (Å²) in [4.78, 5) is 12.3. The second-order valence-corrected chi connectivity index (χ2v) is 7.78. The van der Waals surface area contributed by atoms with E-state index >= 15 is 0 Å². The molecule has 0 bridgehead atoms. The predicted octanol–water partition coefficient (Wildman–Crippen LogP) is 2.09. The highest BCUT2D eigenvalue weighted by molar-refractivity contribution is 7.89. The van der Waals surface area contributed by atoms with Crippen LogP contribution in [0.25, 0.3) is 0 Å². The molecular formula is C16H24N2O4S. The molecule has 1 heterocycles. The van der Waals surface area contributed by atoms with Gasteiger partial charge < -0.3 is 10.1 Å². The van der Waals surface area contributed by atoms with Crippen LogP contribution in [0.5, 0.6) is 5.75 Å². The largest absolute Gasteiger partial charge is 0.494 e. The predicted molar refractivity (Wildman–Crippen MR) is 90.0 cm³/mol. The topological polar surface area (TPSA) is 75.7 Å². The molecule has 1 amide bonds. The Morgan fingerprint density at radius 3 is 2.61 bits per heavy atom. The molecule has 0 spiro atoms. The Morgan fingerprint density at radius 2 is 2.00 bits per heavy atom. The Morgan fingerprint density at radius 1 is 1.30 bits per heavy atom. The molecule has 1 N–H and O–H groups in total. The smallest absolute Gasteiger partial charge is 0.227 e. The maximum Gasteiger partial charge on any atom is 0.227 e. The van der Waals surface area contributed by atoms with E-state index in [4.69, 9.17) is 4.74 Å². The first-order valence-corrected chi connectivity index (χ1v) is 9.58. The van der Waals surface area contributed by atoms with Crippen LogP contribution >= 0.6 is 0 Å². The van der Waals surface area contributed by atoms with Gasteiger partial charge in [-0.3, -0.25) is 4.79 Å². The molecule has 1 aromatic carbocycles. The van der Waals surface area contributed by atoms with Crippen LogP contribution in [0, 0.1) is 5.92 Å². The fraction of sp³-hybridized carbons (Fsp3) is 0.562. The summed E-state index contributed by atoms with van der Waals surface area (Å²) in [6.07, 6.45) is 1.10. The van der Waals surface area contributed by atoms with Crippen LogP contribution in [0.4, 0.5) is 5.69 Å². The minimum absolute atomic E-state index is 0.0628. The van der Waals surface area contributed by atoms with Crippen LogP contribution in [-0.4, -0.2) is 44.1 Å². The van der Waals surface area contributed by atoms with E-state index in [0.29, 0.717) is 44.0 Å². The van der Waals surface area contributed by atoms with Gasteiger partial charge in [0.2, 0.25) is 15.9 Å². The van der Waals surface area contributed by atoms with Crippen molar-refractivity contribution in [2.75, 3.05) is 30.8 Å². The van der Waals surface area contributed by atoms with Crippen LogP contribution in [0.2, 0.25) is 0 Å². The lowest BCUT2D eigenvalue weighted by Crippen LogP contribution is -2.42. The Balaban J connectivity index is 1.92. The number of nitrogens with one attached hydrogen (secondary N) is 1. The quantitative estimate of drug-likeness (QED) is 0.860. The molecule has 7 heteroatoms. The number of hydrogen-bond acceptors (Lipinski definition) is 4. The zero-order valence-electron chi connectivity index (χ0n) is 13.6. The number of anilines is 1. The lowest BCUT2D eigenvalue weighted by molar-refractivity contribution is -0.120.